The van der Waals surface area contributed by atoms with Crippen LogP contribution in [0.3, 0.4) is 0 Å². The molecule has 1 aromatic rings. The van der Waals surface area contributed by atoms with E-state index in [1.54, 1.807) is 33.4 Å². The highest BCUT2D eigenvalue weighted by Crippen LogP contribution is 2.09. The average Bonchev–Trinajstić information content (AvgIpc) is 2.68. The molecule has 0 bridgehead atoms. The Balaban J connectivity index is 1.75. The Morgan fingerprint density at radius 3 is 2.50 bits per heavy atom. The number of sulfonamides is 1. The van der Waals surface area contributed by atoms with Crippen LogP contribution in [0.1, 0.15) is 13.3 Å². The van der Waals surface area contributed by atoms with Crippen LogP contribution in [-0.4, -0.2) is 92.7 Å². The number of rotatable bonds is 7. The molecule has 0 unspecified atom stereocenters. The van der Waals surface area contributed by atoms with Gasteiger partial charge in [0, 0.05) is 65.8 Å². The minimum atomic E-state index is -3.11. The maximum Gasteiger partial charge on any atom is 0.225 e. The smallest absolute Gasteiger partial charge is 0.225 e. The molecule has 0 saturated carbocycles. The molecule has 1 aliphatic rings. The molecule has 1 aliphatic heterocycles. The number of piperazine rings is 1. The molecular formula is C16H29N7O2S. The first-order valence-corrected chi connectivity index (χ1v) is 10.5. The summed E-state index contributed by atoms with van der Waals surface area (Å²) in [6.07, 6.45) is 4.24. The molecule has 0 aromatic carbocycles. The van der Waals surface area contributed by atoms with Crippen molar-refractivity contribution in [1.82, 2.24) is 24.5 Å². The van der Waals surface area contributed by atoms with Gasteiger partial charge in [0.25, 0.3) is 0 Å². The summed E-state index contributed by atoms with van der Waals surface area (Å²) in [4.78, 5) is 17.3. The van der Waals surface area contributed by atoms with Crippen molar-refractivity contribution in [2.45, 2.75) is 13.3 Å². The summed E-state index contributed by atoms with van der Waals surface area (Å²) in [5.41, 5.74) is 0. The van der Waals surface area contributed by atoms with E-state index in [0.717, 1.165) is 44.5 Å². The Kier molecular flexibility index (Phi) is 7.58. The van der Waals surface area contributed by atoms with Gasteiger partial charge in [-0.15, -0.1) is 0 Å². The molecule has 1 aromatic heterocycles. The first-order chi connectivity index (χ1) is 12.5. The van der Waals surface area contributed by atoms with Gasteiger partial charge in [-0.05, 0) is 19.4 Å². The van der Waals surface area contributed by atoms with Crippen LogP contribution in [0, 0.1) is 0 Å². The molecule has 0 radical (unpaired) electrons. The van der Waals surface area contributed by atoms with E-state index in [0.29, 0.717) is 13.1 Å². The Morgan fingerprint density at radius 1 is 1.27 bits per heavy atom. The van der Waals surface area contributed by atoms with Crippen molar-refractivity contribution >= 4 is 21.9 Å². The van der Waals surface area contributed by atoms with Gasteiger partial charge in [-0.1, -0.05) is 0 Å². The lowest BCUT2D eigenvalue weighted by Gasteiger charge is -2.36. The van der Waals surface area contributed by atoms with E-state index in [-0.39, 0.29) is 5.75 Å². The van der Waals surface area contributed by atoms with Crippen molar-refractivity contribution in [2.24, 2.45) is 4.99 Å². The normalized spacial score (nSPS) is 16.2. The van der Waals surface area contributed by atoms with Crippen LogP contribution < -0.4 is 10.2 Å². The van der Waals surface area contributed by atoms with Gasteiger partial charge in [0.15, 0.2) is 5.96 Å². The van der Waals surface area contributed by atoms with Crippen LogP contribution >= 0.6 is 0 Å². The fraction of sp³-hybridized carbons (Fsp3) is 0.688. The third-order valence-electron chi connectivity index (χ3n) is 4.40. The number of nitrogens with zero attached hydrogens (tertiary/aromatic N) is 6. The van der Waals surface area contributed by atoms with E-state index >= 15 is 0 Å². The minimum absolute atomic E-state index is 0.133. The summed E-state index contributed by atoms with van der Waals surface area (Å²) in [5.74, 6) is 1.74. The number of anilines is 1. The van der Waals surface area contributed by atoms with E-state index in [4.69, 9.17) is 0 Å². The second-order valence-electron chi connectivity index (χ2n) is 6.07. The summed E-state index contributed by atoms with van der Waals surface area (Å²) in [5, 5.41) is 3.32. The van der Waals surface area contributed by atoms with E-state index in [1.807, 2.05) is 6.07 Å². The molecule has 2 rings (SSSR count). The monoisotopic (exact) mass is 383 g/mol. The fourth-order valence-electron chi connectivity index (χ4n) is 2.77. The molecule has 1 fully saturated rings. The van der Waals surface area contributed by atoms with Crippen LogP contribution in [0.15, 0.2) is 23.5 Å². The van der Waals surface area contributed by atoms with Crippen LogP contribution in [0.2, 0.25) is 0 Å². The predicted molar refractivity (Wildman–Crippen MR) is 104 cm³/mol. The molecule has 1 N–H and O–H groups in total. The van der Waals surface area contributed by atoms with Crippen LogP contribution in [0.25, 0.3) is 0 Å². The summed E-state index contributed by atoms with van der Waals surface area (Å²) in [6.45, 7) is 6.18. The zero-order valence-electron chi connectivity index (χ0n) is 15.8. The second-order valence-corrected chi connectivity index (χ2v) is 8.44. The van der Waals surface area contributed by atoms with E-state index in [1.165, 1.54) is 4.31 Å². The van der Waals surface area contributed by atoms with Crippen molar-refractivity contribution in [1.29, 1.82) is 0 Å². The van der Waals surface area contributed by atoms with Gasteiger partial charge in [-0.3, -0.25) is 4.99 Å². The highest BCUT2D eigenvalue weighted by molar-refractivity contribution is 7.89. The molecule has 26 heavy (non-hydrogen) atoms. The first-order valence-electron chi connectivity index (χ1n) is 8.89. The van der Waals surface area contributed by atoms with Crippen LogP contribution in [-0.2, 0) is 10.0 Å². The minimum Gasteiger partial charge on any atom is -0.356 e. The first kappa shape index (κ1) is 20.4. The van der Waals surface area contributed by atoms with Gasteiger partial charge < -0.3 is 15.1 Å². The largest absolute Gasteiger partial charge is 0.356 e. The van der Waals surface area contributed by atoms with Crippen LogP contribution in [0.5, 0.6) is 0 Å². The molecule has 10 heteroatoms. The van der Waals surface area contributed by atoms with Gasteiger partial charge in [0.05, 0.1) is 5.75 Å². The Morgan fingerprint density at radius 2 is 1.92 bits per heavy atom. The lowest BCUT2D eigenvalue weighted by atomic mass is 10.3. The van der Waals surface area contributed by atoms with Gasteiger partial charge in [-0.2, -0.15) is 0 Å². The molecule has 0 spiro atoms. The maximum absolute atomic E-state index is 11.7. The highest BCUT2D eigenvalue weighted by atomic mass is 32.2. The average molecular weight is 384 g/mol. The number of hydrogen-bond acceptors (Lipinski definition) is 6. The summed E-state index contributed by atoms with van der Waals surface area (Å²) in [6, 6.07) is 1.81. The topological polar surface area (TPSA) is 94.0 Å². The number of aliphatic imine (C=N–C) groups is 1. The number of guanidine groups is 1. The fourth-order valence-corrected chi connectivity index (χ4v) is 3.61. The molecule has 9 nitrogen and oxygen atoms in total. The lowest BCUT2D eigenvalue weighted by Crippen LogP contribution is -2.53. The van der Waals surface area contributed by atoms with Crippen molar-refractivity contribution in [3.05, 3.63) is 18.5 Å². The highest BCUT2D eigenvalue weighted by Gasteiger charge is 2.21. The summed E-state index contributed by atoms with van der Waals surface area (Å²) in [7, 11) is 0.280. The van der Waals surface area contributed by atoms with E-state index in [2.05, 4.69) is 30.1 Å². The Bertz CT molecular complexity index is 673. The van der Waals surface area contributed by atoms with Gasteiger partial charge in [-0.25, -0.2) is 22.7 Å². The number of hydrogen-bond donors (Lipinski definition) is 1. The van der Waals surface area contributed by atoms with E-state index < -0.39 is 10.0 Å². The standard InChI is InChI=1S/C16H29N7O2S/c1-4-26(24,25)21(3)10-6-9-18-15(17-2)22-11-13-23(14-12-22)16-19-7-5-8-20-16/h5,7-8H,4,6,9-14H2,1-3H3,(H,17,18). The zero-order chi connectivity index (χ0) is 19.0. The number of nitrogens with one attached hydrogen (secondary N) is 1. The van der Waals surface area contributed by atoms with Crippen molar-refractivity contribution in [3.63, 3.8) is 0 Å². The molecule has 0 amide bonds. The second kappa shape index (κ2) is 9.67. The van der Waals surface area contributed by atoms with Crippen molar-refractivity contribution in [2.75, 3.05) is 64.0 Å². The lowest BCUT2D eigenvalue weighted by molar-refractivity contribution is 0.369. The SMILES string of the molecule is CCS(=O)(=O)N(C)CCCNC(=NC)N1CCN(c2ncccn2)CC1. The third-order valence-corrected chi connectivity index (χ3v) is 6.26. The molecule has 146 valence electrons. The molecule has 0 aliphatic carbocycles. The third kappa shape index (κ3) is 5.53. The van der Waals surface area contributed by atoms with Crippen molar-refractivity contribution < 1.29 is 8.42 Å². The van der Waals surface area contributed by atoms with Gasteiger partial charge in [0.1, 0.15) is 0 Å². The van der Waals surface area contributed by atoms with Gasteiger partial charge >= 0.3 is 0 Å². The number of aromatic nitrogens is 2. The zero-order valence-corrected chi connectivity index (χ0v) is 16.6. The molecule has 1 saturated heterocycles. The van der Waals surface area contributed by atoms with Crippen molar-refractivity contribution in [3.8, 4) is 0 Å². The Labute approximate surface area is 156 Å². The quantitative estimate of drug-likeness (QED) is 0.397. The summed E-state index contributed by atoms with van der Waals surface area (Å²) >= 11 is 0. The summed E-state index contributed by atoms with van der Waals surface area (Å²) < 4.78 is 24.9. The predicted octanol–water partition coefficient (Wildman–Crippen LogP) is -0.154. The Hall–Kier alpha value is -1.94. The van der Waals surface area contributed by atoms with Gasteiger partial charge in [0.2, 0.25) is 16.0 Å². The molecular weight excluding hydrogens is 354 g/mol. The van der Waals surface area contributed by atoms with E-state index in [9.17, 15) is 8.42 Å². The molecule has 2 heterocycles. The molecule has 0 atom stereocenters. The maximum atomic E-state index is 11.7. The van der Waals surface area contributed by atoms with Crippen LogP contribution in [0.4, 0.5) is 5.95 Å².